The third-order valence-corrected chi connectivity index (χ3v) is 7.07. The van der Waals surface area contributed by atoms with Gasteiger partial charge >= 0.3 is 6.18 Å². The van der Waals surface area contributed by atoms with Crippen LogP contribution in [0.15, 0.2) is 47.4 Å². The van der Waals surface area contributed by atoms with Crippen LogP contribution in [0.1, 0.15) is 36.7 Å². The fourth-order valence-electron chi connectivity index (χ4n) is 3.58. The van der Waals surface area contributed by atoms with Crippen molar-refractivity contribution < 1.29 is 26.4 Å². The molecular formula is C23H29F3N4O3S. The molecule has 1 aliphatic heterocycles. The number of halogens is 3. The second-order valence-electron chi connectivity index (χ2n) is 9.35. The fraction of sp³-hybridized carbons (Fsp3) is 0.435. The minimum atomic E-state index is -4.66. The minimum absolute atomic E-state index is 0.0333. The lowest BCUT2D eigenvalue weighted by Crippen LogP contribution is -2.44. The van der Waals surface area contributed by atoms with Gasteiger partial charge in [-0.05, 0) is 70.3 Å². The van der Waals surface area contributed by atoms with E-state index in [9.17, 15) is 26.4 Å². The number of hydrogen-bond acceptors (Lipinski definition) is 5. The van der Waals surface area contributed by atoms with Crippen LogP contribution in [-0.2, 0) is 16.2 Å². The number of carbonyl (C=O) groups excluding carboxylic acids is 1. The summed E-state index contributed by atoms with van der Waals surface area (Å²) in [7, 11) is -1.84. The summed E-state index contributed by atoms with van der Waals surface area (Å²) in [5.41, 5.74) is -1.52. The van der Waals surface area contributed by atoms with Crippen LogP contribution in [0.4, 0.5) is 24.5 Å². The maximum Gasteiger partial charge on any atom is 0.418 e. The van der Waals surface area contributed by atoms with Crippen LogP contribution in [0.25, 0.3) is 0 Å². The molecule has 0 spiro atoms. The Morgan fingerprint density at radius 1 is 0.941 bits per heavy atom. The highest BCUT2D eigenvalue weighted by Gasteiger charge is 2.35. The van der Waals surface area contributed by atoms with Crippen LogP contribution in [0.3, 0.4) is 0 Å². The lowest BCUT2D eigenvalue weighted by atomic mass is 10.1. The first-order valence-corrected chi connectivity index (χ1v) is 12.2. The molecule has 0 atom stereocenters. The number of piperazine rings is 1. The van der Waals surface area contributed by atoms with E-state index in [1.54, 1.807) is 26.8 Å². The number of carbonyl (C=O) groups is 1. The van der Waals surface area contributed by atoms with Crippen molar-refractivity contribution in [3.63, 3.8) is 0 Å². The monoisotopic (exact) mass is 498 g/mol. The Morgan fingerprint density at radius 2 is 1.53 bits per heavy atom. The molecule has 186 valence electrons. The van der Waals surface area contributed by atoms with Crippen molar-refractivity contribution in [2.75, 3.05) is 43.4 Å². The van der Waals surface area contributed by atoms with Gasteiger partial charge in [0.25, 0.3) is 5.91 Å². The molecule has 2 N–H and O–H groups in total. The molecule has 0 radical (unpaired) electrons. The molecule has 0 bridgehead atoms. The van der Waals surface area contributed by atoms with E-state index in [1.807, 2.05) is 11.9 Å². The summed E-state index contributed by atoms with van der Waals surface area (Å²) in [6, 6.07) is 8.87. The zero-order chi connectivity index (χ0) is 25.3. The van der Waals surface area contributed by atoms with Crippen molar-refractivity contribution in [2.24, 2.45) is 0 Å². The van der Waals surface area contributed by atoms with Crippen molar-refractivity contribution >= 4 is 27.3 Å². The Bertz CT molecular complexity index is 1140. The van der Waals surface area contributed by atoms with Crippen LogP contribution < -0.4 is 14.9 Å². The predicted molar refractivity (Wildman–Crippen MR) is 126 cm³/mol. The molecule has 11 heteroatoms. The highest BCUT2D eigenvalue weighted by Crippen LogP contribution is 2.37. The molecule has 1 saturated heterocycles. The van der Waals surface area contributed by atoms with Gasteiger partial charge in [0.1, 0.15) is 0 Å². The predicted octanol–water partition coefficient (Wildman–Crippen LogP) is 3.79. The average molecular weight is 499 g/mol. The number of hydrogen-bond donors (Lipinski definition) is 2. The number of likely N-dealkylation sites (N-methyl/N-ethyl adjacent to an activating group) is 1. The fourth-order valence-corrected chi connectivity index (χ4v) is 5.00. The Hall–Kier alpha value is -2.63. The van der Waals surface area contributed by atoms with E-state index >= 15 is 0 Å². The quantitative estimate of drug-likeness (QED) is 0.656. The van der Waals surface area contributed by atoms with Crippen LogP contribution in [0.5, 0.6) is 0 Å². The van der Waals surface area contributed by atoms with Gasteiger partial charge in [0, 0.05) is 43.0 Å². The van der Waals surface area contributed by atoms with E-state index in [-0.39, 0.29) is 16.1 Å². The molecule has 2 aromatic rings. The standard InChI is InChI=1S/C23H29F3N4O3S/c1-22(2,3)28-34(32,33)18-8-5-16(6-9-18)21(31)27-20-10-7-17(15-19(20)23(24,25)26)30-13-11-29(4)12-14-30/h5-10,15,28H,11-14H2,1-4H3,(H,27,31). The number of amides is 1. The van der Waals surface area contributed by atoms with E-state index in [0.717, 1.165) is 19.2 Å². The number of alkyl halides is 3. The lowest BCUT2D eigenvalue weighted by Gasteiger charge is -2.34. The van der Waals surface area contributed by atoms with Crippen LogP contribution in [-0.4, -0.2) is 58.0 Å². The Balaban J connectivity index is 1.81. The highest BCUT2D eigenvalue weighted by molar-refractivity contribution is 7.89. The molecule has 3 rings (SSSR count). The van der Waals surface area contributed by atoms with Gasteiger partial charge in [0.2, 0.25) is 10.0 Å². The Kier molecular flexibility index (Phi) is 7.30. The van der Waals surface area contributed by atoms with E-state index in [4.69, 9.17) is 0 Å². The minimum Gasteiger partial charge on any atom is -0.369 e. The van der Waals surface area contributed by atoms with Gasteiger partial charge in [0.15, 0.2) is 0 Å². The number of anilines is 2. The molecule has 34 heavy (non-hydrogen) atoms. The van der Waals surface area contributed by atoms with Gasteiger partial charge in [0.05, 0.1) is 16.1 Å². The molecule has 1 aliphatic rings. The van der Waals surface area contributed by atoms with Crippen molar-refractivity contribution in [3.8, 4) is 0 Å². The van der Waals surface area contributed by atoms with Crippen LogP contribution >= 0.6 is 0 Å². The molecule has 1 heterocycles. The Morgan fingerprint density at radius 3 is 2.06 bits per heavy atom. The number of benzene rings is 2. The number of sulfonamides is 1. The lowest BCUT2D eigenvalue weighted by molar-refractivity contribution is -0.136. The highest BCUT2D eigenvalue weighted by atomic mass is 32.2. The molecule has 7 nitrogen and oxygen atoms in total. The van der Waals surface area contributed by atoms with Gasteiger partial charge < -0.3 is 15.1 Å². The van der Waals surface area contributed by atoms with Crippen molar-refractivity contribution in [3.05, 3.63) is 53.6 Å². The second kappa shape index (κ2) is 9.55. The third kappa shape index (κ3) is 6.49. The maximum absolute atomic E-state index is 13.8. The summed E-state index contributed by atoms with van der Waals surface area (Å²) < 4.78 is 68.7. The molecule has 1 fully saturated rings. The molecule has 0 aromatic heterocycles. The van der Waals surface area contributed by atoms with Gasteiger partial charge in [-0.1, -0.05) is 0 Å². The van der Waals surface area contributed by atoms with E-state index in [2.05, 4.69) is 14.9 Å². The van der Waals surface area contributed by atoms with E-state index in [1.165, 1.54) is 30.3 Å². The first kappa shape index (κ1) is 26.0. The summed E-state index contributed by atoms with van der Waals surface area (Å²) in [4.78, 5) is 16.6. The topological polar surface area (TPSA) is 81.8 Å². The zero-order valence-electron chi connectivity index (χ0n) is 19.5. The first-order chi connectivity index (χ1) is 15.7. The van der Waals surface area contributed by atoms with E-state index in [0.29, 0.717) is 18.8 Å². The zero-order valence-corrected chi connectivity index (χ0v) is 20.3. The Labute approximate surface area is 198 Å². The molecular weight excluding hydrogens is 469 g/mol. The van der Waals surface area contributed by atoms with Crippen molar-refractivity contribution in [1.82, 2.24) is 9.62 Å². The van der Waals surface area contributed by atoms with Crippen molar-refractivity contribution in [1.29, 1.82) is 0 Å². The molecule has 0 unspecified atom stereocenters. The van der Waals surface area contributed by atoms with Crippen LogP contribution in [0.2, 0.25) is 0 Å². The molecule has 2 aromatic carbocycles. The smallest absolute Gasteiger partial charge is 0.369 e. The van der Waals surface area contributed by atoms with Crippen molar-refractivity contribution in [2.45, 2.75) is 37.4 Å². The maximum atomic E-state index is 13.8. The van der Waals surface area contributed by atoms with Crippen LogP contribution in [0, 0.1) is 0 Å². The molecule has 0 aliphatic carbocycles. The summed E-state index contributed by atoms with van der Waals surface area (Å²) in [5.74, 6) is -0.773. The molecule has 1 amide bonds. The summed E-state index contributed by atoms with van der Waals surface area (Å²) in [5, 5.41) is 2.32. The van der Waals surface area contributed by atoms with Gasteiger partial charge in [-0.15, -0.1) is 0 Å². The van der Waals surface area contributed by atoms with Gasteiger partial charge in [-0.2, -0.15) is 13.2 Å². The average Bonchev–Trinajstić information content (AvgIpc) is 2.72. The summed E-state index contributed by atoms with van der Waals surface area (Å²) in [6.07, 6.45) is -4.66. The molecule has 0 saturated carbocycles. The van der Waals surface area contributed by atoms with E-state index < -0.39 is 33.2 Å². The SMILES string of the molecule is CN1CCN(c2ccc(NC(=O)c3ccc(S(=O)(=O)NC(C)(C)C)cc3)c(C(F)(F)F)c2)CC1. The number of nitrogens with one attached hydrogen (secondary N) is 2. The number of rotatable bonds is 5. The van der Waals surface area contributed by atoms with Gasteiger partial charge in [-0.25, -0.2) is 13.1 Å². The largest absolute Gasteiger partial charge is 0.418 e. The number of nitrogens with zero attached hydrogens (tertiary/aromatic N) is 2. The summed E-state index contributed by atoms with van der Waals surface area (Å²) in [6.45, 7) is 7.80. The van der Waals surface area contributed by atoms with Gasteiger partial charge in [-0.3, -0.25) is 4.79 Å². The third-order valence-electron chi connectivity index (χ3n) is 5.29. The second-order valence-corrected chi connectivity index (χ2v) is 11.0. The normalized spacial score (nSPS) is 15.9. The summed E-state index contributed by atoms with van der Waals surface area (Å²) >= 11 is 0. The first-order valence-electron chi connectivity index (χ1n) is 10.8.